The molecule has 2 aromatic rings. The number of nitro groups is 1. The van der Waals surface area contributed by atoms with Crippen molar-refractivity contribution in [3.8, 4) is 0 Å². The molecule has 0 N–H and O–H groups in total. The standard InChI is InChI=1S/C19H16ClNO5/c1-13(15-6-8-16(20)9-7-15)26-19(23)12-18(22)10-5-14-3-2-4-17(11-14)21(24)25/h2-11,13H,12H2,1H3. The molecule has 0 saturated carbocycles. The number of ketones is 1. The predicted molar refractivity (Wildman–Crippen MR) is 97.7 cm³/mol. The summed E-state index contributed by atoms with van der Waals surface area (Å²) in [5.41, 5.74) is 1.19. The third kappa shape index (κ3) is 5.82. The molecule has 134 valence electrons. The van der Waals surface area contributed by atoms with Crippen molar-refractivity contribution in [3.05, 3.63) is 80.9 Å². The van der Waals surface area contributed by atoms with Crippen molar-refractivity contribution in [2.45, 2.75) is 19.4 Å². The molecule has 2 rings (SSSR count). The third-order valence-corrected chi connectivity index (χ3v) is 3.76. The molecule has 0 aliphatic rings. The van der Waals surface area contributed by atoms with Gasteiger partial charge in [0, 0.05) is 17.2 Å². The normalized spacial score (nSPS) is 11.9. The number of carbonyl (C=O) groups is 2. The number of hydrogen-bond acceptors (Lipinski definition) is 5. The average Bonchev–Trinajstić information content (AvgIpc) is 2.60. The lowest BCUT2D eigenvalue weighted by molar-refractivity contribution is -0.384. The molecule has 0 aliphatic carbocycles. The zero-order chi connectivity index (χ0) is 19.1. The van der Waals surface area contributed by atoms with Gasteiger partial charge in [-0.3, -0.25) is 19.7 Å². The summed E-state index contributed by atoms with van der Waals surface area (Å²) in [4.78, 5) is 33.9. The van der Waals surface area contributed by atoms with E-state index in [1.54, 1.807) is 37.3 Å². The third-order valence-electron chi connectivity index (χ3n) is 3.51. The summed E-state index contributed by atoms with van der Waals surface area (Å²) in [6.45, 7) is 1.70. The Balaban J connectivity index is 1.90. The molecule has 1 unspecified atom stereocenters. The van der Waals surface area contributed by atoms with Gasteiger partial charge in [-0.2, -0.15) is 0 Å². The fraction of sp³-hybridized carbons (Fsp3) is 0.158. The molecule has 0 aromatic heterocycles. The van der Waals surface area contributed by atoms with E-state index in [1.165, 1.54) is 30.4 Å². The Hall–Kier alpha value is -2.99. The number of hydrogen-bond donors (Lipinski definition) is 0. The quantitative estimate of drug-likeness (QED) is 0.234. The minimum Gasteiger partial charge on any atom is -0.457 e. The van der Waals surface area contributed by atoms with Gasteiger partial charge < -0.3 is 4.74 Å². The highest BCUT2D eigenvalue weighted by Gasteiger charge is 2.14. The zero-order valence-electron chi connectivity index (χ0n) is 13.9. The summed E-state index contributed by atoms with van der Waals surface area (Å²) < 4.78 is 5.22. The Labute approximate surface area is 155 Å². The number of halogens is 1. The van der Waals surface area contributed by atoms with Crippen molar-refractivity contribution in [3.63, 3.8) is 0 Å². The van der Waals surface area contributed by atoms with Crippen LogP contribution in [0.3, 0.4) is 0 Å². The topological polar surface area (TPSA) is 86.5 Å². The van der Waals surface area contributed by atoms with Gasteiger partial charge in [-0.25, -0.2) is 0 Å². The van der Waals surface area contributed by atoms with Crippen LogP contribution in [0.4, 0.5) is 5.69 Å². The molecular formula is C19H16ClNO5. The molecule has 0 amide bonds. The molecule has 7 heteroatoms. The van der Waals surface area contributed by atoms with Gasteiger partial charge in [0.2, 0.25) is 0 Å². The van der Waals surface area contributed by atoms with Crippen molar-refractivity contribution >= 4 is 35.1 Å². The Kier molecular flexibility index (Phi) is 6.63. The summed E-state index contributed by atoms with van der Waals surface area (Å²) in [5, 5.41) is 11.3. The minimum absolute atomic E-state index is 0.0733. The van der Waals surface area contributed by atoms with E-state index in [-0.39, 0.29) is 5.69 Å². The number of esters is 1. The number of nitrogens with zero attached hydrogens (tertiary/aromatic N) is 1. The molecule has 2 aromatic carbocycles. The molecule has 6 nitrogen and oxygen atoms in total. The summed E-state index contributed by atoms with van der Waals surface area (Å²) in [7, 11) is 0. The molecular weight excluding hydrogens is 358 g/mol. The molecule has 0 saturated heterocycles. The highest BCUT2D eigenvalue weighted by molar-refractivity contribution is 6.30. The summed E-state index contributed by atoms with van der Waals surface area (Å²) in [6, 6.07) is 12.7. The molecule has 0 fully saturated rings. The summed E-state index contributed by atoms with van der Waals surface area (Å²) >= 11 is 5.81. The van der Waals surface area contributed by atoms with Crippen molar-refractivity contribution in [1.82, 2.24) is 0 Å². The maximum Gasteiger partial charge on any atom is 0.314 e. The Morgan fingerprint density at radius 2 is 1.92 bits per heavy atom. The van der Waals surface area contributed by atoms with Gasteiger partial charge in [-0.15, -0.1) is 0 Å². The van der Waals surface area contributed by atoms with Crippen LogP contribution >= 0.6 is 11.6 Å². The van der Waals surface area contributed by atoms with Gasteiger partial charge in [0.1, 0.15) is 12.5 Å². The molecule has 0 heterocycles. The Bertz CT molecular complexity index is 845. The first kappa shape index (κ1) is 19.3. The fourth-order valence-electron chi connectivity index (χ4n) is 2.17. The number of benzene rings is 2. The van der Waals surface area contributed by atoms with Crippen molar-refractivity contribution in [2.75, 3.05) is 0 Å². The van der Waals surface area contributed by atoms with Crippen molar-refractivity contribution in [1.29, 1.82) is 0 Å². The van der Waals surface area contributed by atoms with E-state index in [0.29, 0.717) is 10.6 Å². The lowest BCUT2D eigenvalue weighted by Crippen LogP contribution is -2.12. The number of ether oxygens (including phenoxy) is 1. The number of nitro benzene ring substituents is 1. The van der Waals surface area contributed by atoms with Crippen LogP contribution in [0.2, 0.25) is 5.02 Å². The van der Waals surface area contributed by atoms with Crippen LogP contribution in [0, 0.1) is 10.1 Å². The minimum atomic E-state index is -0.652. The second kappa shape index (κ2) is 8.92. The highest BCUT2D eigenvalue weighted by Crippen LogP contribution is 2.20. The first-order chi connectivity index (χ1) is 12.3. The Morgan fingerprint density at radius 3 is 2.58 bits per heavy atom. The van der Waals surface area contributed by atoms with E-state index >= 15 is 0 Å². The van der Waals surface area contributed by atoms with E-state index in [1.807, 2.05) is 0 Å². The number of non-ortho nitro benzene ring substituents is 1. The molecule has 1 atom stereocenters. The number of carbonyl (C=O) groups excluding carboxylic acids is 2. The van der Waals surface area contributed by atoms with E-state index in [4.69, 9.17) is 16.3 Å². The summed E-state index contributed by atoms with van der Waals surface area (Å²) in [6.07, 6.45) is 1.70. The van der Waals surface area contributed by atoms with Crippen LogP contribution in [0.5, 0.6) is 0 Å². The monoisotopic (exact) mass is 373 g/mol. The molecule has 0 spiro atoms. The number of allylic oxidation sites excluding steroid dienone is 1. The van der Waals surface area contributed by atoms with E-state index in [0.717, 1.165) is 5.56 Å². The molecule has 0 bridgehead atoms. The first-order valence-corrected chi connectivity index (χ1v) is 8.13. The lowest BCUT2D eigenvalue weighted by atomic mass is 10.1. The highest BCUT2D eigenvalue weighted by atomic mass is 35.5. The first-order valence-electron chi connectivity index (χ1n) is 7.75. The summed E-state index contributed by atoms with van der Waals surface area (Å²) in [5.74, 6) is -1.11. The molecule has 0 aliphatic heterocycles. The molecule has 26 heavy (non-hydrogen) atoms. The zero-order valence-corrected chi connectivity index (χ0v) is 14.7. The van der Waals surface area contributed by atoms with Gasteiger partial charge in [0.05, 0.1) is 4.92 Å². The van der Waals surface area contributed by atoms with Gasteiger partial charge in [0.25, 0.3) is 5.69 Å². The second-order valence-corrected chi connectivity index (χ2v) is 5.95. The number of rotatable bonds is 7. The van der Waals surface area contributed by atoms with Crippen molar-refractivity contribution < 1.29 is 19.2 Å². The van der Waals surface area contributed by atoms with Gasteiger partial charge in [0.15, 0.2) is 5.78 Å². The average molecular weight is 374 g/mol. The fourth-order valence-corrected chi connectivity index (χ4v) is 2.30. The van der Waals surface area contributed by atoms with Gasteiger partial charge in [-0.1, -0.05) is 41.9 Å². The largest absolute Gasteiger partial charge is 0.457 e. The van der Waals surface area contributed by atoms with Crippen LogP contribution in [-0.2, 0) is 14.3 Å². The van der Waals surface area contributed by atoms with E-state index in [9.17, 15) is 19.7 Å². The van der Waals surface area contributed by atoms with Crippen molar-refractivity contribution in [2.24, 2.45) is 0 Å². The van der Waals surface area contributed by atoms with Crippen LogP contribution in [0.1, 0.15) is 30.6 Å². The molecule has 0 radical (unpaired) electrons. The maximum atomic E-state index is 11.9. The maximum absolute atomic E-state index is 11.9. The second-order valence-electron chi connectivity index (χ2n) is 5.51. The van der Waals surface area contributed by atoms with Gasteiger partial charge >= 0.3 is 5.97 Å². The Morgan fingerprint density at radius 1 is 1.23 bits per heavy atom. The van der Waals surface area contributed by atoms with Crippen LogP contribution in [0.25, 0.3) is 6.08 Å². The van der Waals surface area contributed by atoms with Crippen LogP contribution in [-0.4, -0.2) is 16.7 Å². The van der Waals surface area contributed by atoms with E-state index < -0.39 is 29.2 Å². The smallest absolute Gasteiger partial charge is 0.314 e. The SMILES string of the molecule is CC(OC(=O)CC(=O)C=Cc1cccc([N+](=O)[O-])c1)c1ccc(Cl)cc1. The predicted octanol–water partition coefficient (Wildman–Crippen LogP) is 4.53. The van der Waals surface area contributed by atoms with Gasteiger partial charge in [-0.05, 0) is 36.3 Å². The van der Waals surface area contributed by atoms with Crippen LogP contribution < -0.4 is 0 Å². The van der Waals surface area contributed by atoms with Crippen LogP contribution in [0.15, 0.2) is 54.6 Å². The lowest BCUT2D eigenvalue weighted by Gasteiger charge is -2.13. The van der Waals surface area contributed by atoms with E-state index in [2.05, 4.69) is 0 Å².